The SMILES string of the molecule is N#Cn1c2c(Cl)ccc(=O)c-2nc2ccccc21. The molecule has 0 bridgehead atoms. The van der Waals surface area contributed by atoms with Gasteiger partial charge in [-0.1, -0.05) is 23.7 Å². The van der Waals surface area contributed by atoms with Crippen LogP contribution in [0.5, 0.6) is 0 Å². The Morgan fingerprint density at radius 1 is 1.22 bits per heavy atom. The Balaban J connectivity index is 2.67. The molecule has 0 atom stereocenters. The number of rotatable bonds is 0. The summed E-state index contributed by atoms with van der Waals surface area (Å²) in [5.74, 6) is 0. The van der Waals surface area contributed by atoms with Gasteiger partial charge >= 0.3 is 0 Å². The van der Waals surface area contributed by atoms with Gasteiger partial charge in [0.2, 0.25) is 5.43 Å². The van der Waals surface area contributed by atoms with Crippen molar-refractivity contribution in [2.45, 2.75) is 0 Å². The Labute approximate surface area is 107 Å². The Morgan fingerprint density at radius 3 is 2.78 bits per heavy atom. The van der Waals surface area contributed by atoms with Gasteiger partial charge in [-0.25, -0.2) is 9.55 Å². The predicted molar refractivity (Wildman–Crippen MR) is 68.6 cm³/mol. The van der Waals surface area contributed by atoms with E-state index in [-0.39, 0.29) is 11.1 Å². The molecular formula is C13H6ClN3O. The summed E-state index contributed by atoms with van der Waals surface area (Å²) in [6, 6.07) is 9.96. The maximum Gasteiger partial charge on any atom is 0.206 e. The molecule has 1 heterocycles. The Bertz CT molecular complexity index is 832. The largest absolute Gasteiger partial charge is 0.287 e. The van der Waals surface area contributed by atoms with Crippen LogP contribution in [0.4, 0.5) is 0 Å². The quantitative estimate of drug-likeness (QED) is 0.580. The molecule has 4 nitrogen and oxygen atoms in total. The van der Waals surface area contributed by atoms with Crippen molar-refractivity contribution in [3.8, 4) is 17.6 Å². The standard InChI is InChI=1S/C13H6ClN3O/c14-8-5-6-11(18)12-13(8)17(7-15)10-4-2-1-3-9(10)16-12/h1-6H. The summed E-state index contributed by atoms with van der Waals surface area (Å²) >= 11 is 6.06. The van der Waals surface area contributed by atoms with Gasteiger partial charge in [-0.15, -0.1) is 0 Å². The monoisotopic (exact) mass is 255 g/mol. The minimum Gasteiger partial charge on any atom is -0.287 e. The molecule has 3 rings (SSSR count). The van der Waals surface area contributed by atoms with E-state index in [1.54, 1.807) is 24.3 Å². The van der Waals surface area contributed by atoms with Gasteiger partial charge in [0, 0.05) is 0 Å². The molecule has 0 saturated heterocycles. The van der Waals surface area contributed by atoms with Crippen LogP contribution in [0.1, 0.15) is 0 Å². The van der Waals surface area contributed by atoms with Gasteiger partial charge in [0.15, 0.2) is 6.19 Å². The molecule has 18 heavy (non-hydrogen) atoms. The summed E-state index contributed by atoms with van der Waals surface area (Å²) in [6.07, 6.45) is 2.03. The van der Waals surface area contributed by atoms with Crippen molar-refractivity contribution >= 4 is 22.6 Å². The van der Waals surface area contributed by atoms with E-state index < -0.39 is 0 Å². The van der Waals surface area contributed by atoms with Crippen LogP contribution in [0.3, 0.4) is 0 Å². The minimum atomic E-state index is -0.246. The van der Waals surface area contributed by atoms with E-state index in [2.05, 4.69) is 4.98 Å². The molecule has 0 radical (unpaired) electrons. The predicted octanol–water partition coefficient (Wildman–Crippen LogP) is 2.48. The molecule has 5 heteroatoms. The molecule has 0 unspecified atom stereocenters. The normalized spacial score (nSPS) is 10.7. The van der Waals surface area contributed by atoms with Crippen molar-refractivity contribution < 1.29 is 0 Å². The third-order valence-electron chi connectivity index (χ3n) is 2.74. The van der Waals surface area contributed by atoms with Crippen molar-refractivity contribution in [1.82, 2.24) is 9.55 Å². The van der Waals surface area contributed by atoms with Gasteiger partial charge in [-0.3, -0.25) is 4.79 Å². The van der Waals surface area contributed by atoms with Gasteiger partial charge in [0.05, 0.1) is 16.1 Å². The summed E-state index contributed by atoms with van der Waals surface area (Å²) in [4.78, 5) is 16.1. The lowest BCUT2D eigenvalue weighted by Crippen LogP contribution is -2.13. The molecule has 0 aromatic heterocycles. The molecule has 0 saturated carbocycles. The van der Waals surface area contributed by atoms with Crippen molar-refractivity contribution in [2.75, 3.05) is 0 Å². The van der Waals surface area contributed by atoms with Gasteiger partial charge < -0.3 is 0 Å². The third-order valence-corrected chi connectivity index (χ3v) is 3.05. The van der Waals surface area contributed by atoms with E-state index in [1.807, 2.05) is 6.19 Å². The first kappa shape index (κ1) is 10.8. The maximum absolute atomic E-state index is 11.8. The van der Waals surface area contributed by atoms with Gasteiger partial charge in [0.1, 0.15) is 11.4 Å². The number of hydrogen-bond acceptors (Lipinski definition) is 3. The van der Waals surface area contributed by atoms with Crippen LogP contribution < -0.4 is 5.43 Å². The average molecular weight is 256 g/mol. The number of aromatic nitrogens is 2. The molecule has 2 aliphatic rings. The number of para-hydroxylation sites is 2. The van der Waals surface area contributed by atoms with Crippen molar-refractivity contribution in [3.63, 3.8) is 0 Å². The molecule has 1 aliphatic carbocycles. The van der Waals surface area contributed by atoms with E-state index in [0.29, 0.717) is 21.7 Å². The highest BCUT2D eigenvalue weighted by Crippen LogP contribution is 2.28. The summed E-state index contributed by atoms with van der Waals surface area (Å²) < 4.78 is 1.33. The lowest BCUT2D eigenvalue weighted by Gasteiger charge is -2.12. The number of benzene rings is 2. The van der Waals surface area contributed by atoms with Crippen molar-refractivity contribution in [3.05, 3.63) is 51.6 Å². The fourth-order valence-corrected chi connectivity index (χ4v) is 2.19. The maximum atomic E-state index is 11.8. The summed E-state index contributed by atoms with van der Waals surface area (Å²) in [5.41, 5.74) is 1.53. The van der Waals surface area contributed by atoms with E-state index in [4.69, 9.17) is 11.6 Å². The van der Waals surface area contributed by atoms with Gasteiger partial charge in [0.25, 0.3) is 0 Å². The smallest absolute Gasteiger partial charge is 0.206 e. The number of halogens is 1. The number of nitriles is 1. The topological polar surface area (TPSA) is 58.7 Å². The second kappa shape index (κ2) is 3.83. The van der Waals surface area contributed by atoms with Crippen LogP contribution in [0, 0.1) is 11.5 Å². The molecule has 0 amide bonds. The average Bonchev–Trinajstić information content (AvgIpc) is 2.41. The first-order valence-corrected chi connectivity index (χ1v) is 5.60. The zero-order valence-corrected chi connectivity index (χ0v) is 9.85. The molecule has 86 valence electrons. The summed E-state index contributed by atoms with van der Waals surface area (Å²) in [5, 5.41) is 9.61. The van der Waals surface area contributed by atoms with Crippen molar-refractivity contribution in [2.24, 2.45) is 0 Å². The van der Waals surface area contributed by atoms with E-state index in [9.17, 15) is 10.1 Å². The lowest BCUT2D eigenvalue weighted by atomic mass is 10.1. The second-order valence-electron chi connectivity index (χ2n) is 3.78. The molecule has 0 N–H and O–H groups in total. The first-order chi connectivity index (χ1) is 8.72. The Morgan fingerprint density at radius 2 is 2.00 bits per heavy atom. The first-order valence-electron chi connectivity index (χ1n) is 5.22. The van der Waals surface area contributed by atoms with Gasteiger partial charge in [-0.05, 0) is 24.3 Å². The molecule has 0 spiro atoms. The highest BCUT2D eigenvalue weighted by atomic mass is 35.5. The molecular weight excluding hydrogens is 250 g/mol. The number of fused-ring (bicyclic) bond motifs is 2. The fraction of sp³-hybridized carbons (Fsp3) is 0. The van der Waals surface area contributed by atoms with Crippen LogP contribution in [0.25, 0.3) is 22.4 Å². The Hall–Kier alpha value is -2.38. The number of hydrogen-bond donors (Lipinski definition) is 0. The zero-order valence-electron chi connectivity index (χ0n) is 9.09. The van der Waals surface area contributed by atoms with Crippen LogP contribution in [0.2, 0.25) is 5.02 Å². The van der Waals surface area contributed by atoms with Crippen LogP contribution in [0.15, 0.2) is 41.2 Å². The van der Waals surface area contributed by atoms with Crippen LogP contribution >= 0.6 is 11.6 Å². The van der Waals surface area contributed by atoms with E-state index in [0.717, 1.165) is 0 Å². The second-order valence-corrected chi connectivity index (χ2v) is 4.19. The molecule has 1 aromatic carbocycles. The highest BCUT2D eigenvalue weighted by Gasteiger charge is 2.18. The Kier molecular flexibility index (Phi) is 2.29. The van der Waals surface area contributed by atoms with E-state index >= 15 is 0 Å². The highest BCUT2D eigenvalue weighted by molar-refractivity contribution is 6.33. The zero-order chi connectivity index (χ0) is 12.7. The molecule has 1 aromatic rings. The van der Waals surface area contributed by atoms with E-state index in [1.165, 1.54) is 16.7 Å². The number of nitrogens with zero attached hydrogens (tertiary/aromatic N) is 3. The third kappa shape index (κ3) is 1.38. The minimum absolute atomic E-state index is 0.211. The lowest BCUT2D eigenvalue weighted by molar-refractivity contribution is 1.09. The van der Waals surface area contributed by atoms with Crippen LogP contribution in [-0.2, 0) is 0 Å². The summed E-state index contributed by atoms with van der Waals surface area (Å²) in [6.45, 7) is 0. The summed E-state index contributed by atoms with van der Waals surface area (Å²) in [7, 11) is 0. The molecule has 0 fully saturated rings. The molecule has 1 aliphatic heterocycles. The van der Waals surface area contributed by atoms with Crippen LogP contribution in [-0.4, -0.2) is 9.55 Å². The van der Waals surface area contributed by atoms with Gasteiger partial charge in [-0.2, -0.15) is 5.26 Å². The van der Waals surface area contributed by atoms with Crippen molar-refractivity contribution in [1.29, 1.82) is 5.26 Å². The fourth-order valence-electron chi connectivity index (χ4n) is 1.95.